The summed E-state index contributed by atoms with van der Waals surface area (Å²) in [5, 5.41) is 0. The van der Waals surface area contributed by atoms with Gasteiger partial charge in [-0.3, -0.25) is 9.59 Å². The number of fused-ring (bicyclic) bond motifs is 1. The molecule has 0 radical (unpaired) electrons. The van der Waals surface area contributed by atoms with Crippen LogP contribution < -0.4 is 9.80 Å². The summed E-state index contributed by atoms with van der Waals surface area (Å²) in [4.78, 5) is 26.9. The van der Waals surface area contributed by atoms with Gasteiger partial charge in [-0.25, -0.2) is 0 Å². The summed E-state index contributed by atoms with van der Waals surface area (Å²) in [6.07, 6.45) is 0.747. The number of anilines is 2. The Kier molecular flexibility index (Phi) is 3.87. The fraction of sp³-hybridized carbons (Fsp3) is 0.385. The Morgan fingerprint density at radius 1 is 1.17 bits per heavy atom. The number of alkyl halides is 1. The standard InChI is InChI=1S/C13H15ClN2O2/c1-10(17)15-7-4-8-16(13(18)9-14)12-6-3-2-5-11(12)15/h2-3,5-6H,4,7-9H2,1H3. The smallest absolute Gasteiger partial charge is 0.241 e. The highest BCUT2D eigenvalue weighted by Gasteiger charge is 2.25. The van der Waals surface area contributed by atoms with Crippen molar-refractivity contribution in [1.29, 1.82) is 0 Å². The van der Waals surface area contributed by atoms with Crippen molar-refractivity contribution in [2.75, 3.05) is 28.8 Å². The second kappa shape index (κ2) is 5.40. The topological polar surface area (TPSA) is 40.6 Å². The molecule has 1 aliphatic heterocycles. The highest BCUT2D eigenvalue weighted by Crippen LogP contribution is 2.32. The number of nitrogens with zero attached hydrogens (tertiary/aromatic N) is 2. The molecule has 1 aromatic carbocycles. The van der Waals surface area contributed by atoms with Gasteiger partial charge in [0.25, 0.3) is 0 Å². The maximum Gasteiger partial charge on any atom is 0.241 e. The molecule has 2 amide bonds. The fourth-order valence-corrected chi connectivity index (χ4v) is 2.35. The van der Waals surface area contributed by atoms with Crippen LogP contribution in [0.1, 0.15) is 13.3 Å². The maximum atomic E-state index is 11.8. The van der Waals surface area contributed by atoms with Gasteiger partial charge in [0.15, 0.2) is 0 Å². The van der Waals surface area contributed by atoms with Gasteiger partial charge in [-0.15, -0.1) is 11.6 Å². The van der Waals surface area contributed by atoms with Crippen molar-refractivity contribution >= 4 is 34.8 Å². The molecule has 2 rings (SSSR count). The average molecular weight is 267 g/mol. The van der Waals surface area contributed by atoms with Crippen LogP contribution in [0.3, 0.4) is 0 Å². The maximum absolute atomic E-state index is 11.8. The van der Waals surface area contributed by atoms with Crippen molar-refractivity contribution in [1.82, 2.24) is 0 Å². The first-order chi connectivity index (χ1) is 8.65. The van der Waals surface area contributed by atoms with Crippen molar-refractivity contribution in [3.8, 4) is 0 Å². The third-order valence-electron chi connectivity index (χ3n) is 3.02. The SMILES string of the molecule is CC(=O)N1CCCN(C(=O)CCl)c2ccccc21. The van der Waals surface area contributed by atoms with Crippen LogP contribution in [-0.4, -0.2) is 30.8 Å². The molecule has 1 aromatic rings. The van der Waals surface area contributed by atoms with E-state index in [0.29, 0.717) is 13.1 Å². The van der Waals surface area contributed by atoms with Crippen LogP contribution >= 0.6 is 11.6 Å². The number of carbonyl (C=O) groups excluding carboxylic acids is 2. The first-order valence-electron chi connectivity index (χ1n) is 5.88. The molecule has 0 bridgehead atoms. The highest BCUT2D eigenvalue weighted by molar-refractivity contribution is 6.29. The minimum Gasteiger partial charge on any atom is -0.311 e. The first-order valence-corrected chi connectivity index (χ1v) is 6.42. The number of halogens is 1. The summed E-state index contributed by atoms with van der Waals surface area (Å²) in [6.45, 7) is 2.75. The van der Waals surface area contributed by atoms with Crippen molar-refractivity contribution < 1.29 is 9.59 Å². The number of rotatable bonds is 1. The molecule has 18 heavy (non-hydrogen) atoms. The quantitative estimate of drug-likeness (QED) is 0.730. The van der Waals surface area contributed by atoms with Gasteiger partial charge in [0, 0.05) is 20.0 Å². The lowest BCUT2D eigenvalue weighted by atomic mass is 10.2. The number of para-hydroxylation sites is 2. The number of hydrogen-bond acceptors (Lipinski definition) is 2. The van der Waals surface area contributed by atoms with Crippen LogP contribution in [0.2, 0.25) is 0 Å². The minimum atomic E-state index is -0.130. The Morgan fingerprint density at radius 2 is 1.72 bits per heavy atom. The zero-order valence-corrected chi connectivity index (χ0v) is 11.0. The lowest BCUT2D eigenvalue weighted by Crippen LogP contribution is -2.32. The molecule has 96 valence electrons. The van der Waals surface area contributed by atoms with Crippen molar-refractivity contribution in [2.45, 2.75) is 13.3 Å². The van der Waals surface area contributed by atoms with E-state index in [2.05, 4.69) is 0 Å². The minimum absolute atomic E-state index is 0.0115. The Labute approximate surface area is 111 Å². The van der Waals surface area contributed by atoms with Gasteiger partial charge in [-0.2, -0.15) is 0 Å². The molecular weight excluding hydrogens is 252 g/mol. The summed E-state index contributed by atoms with van der Waals surface area (Å²) in [5.74, 6) is -0.189. The van der Waals surface area contributed by atoms with E-state index in [1.54, 1.807) is 9.80 Å². The lowest BCUT2D eigenvalue weighted by Gasteiger charge is -2.24. The van der Waals surface area contributed by atoms with E-state index in [9.17, 15) is 9.59 Å². The predicted molar refractivity (Wildman–Crippen MR) is 72.2 cm³/mol. The third-order valence-corrected chi connectivity index (χ3v) is 3.25. The van der Waals surface area contributed by atoms with Crippen LogP contribution in [0, 0.1) is 0 Å². The van der Waals surface area contributed by atoms with Gasteiger partial charge in [0.05, 0.1) is 11.4 Å². The molecule has 0 aromatic heterocycles. The zero-order valence-electron chi connectivity index (χ0n) is 10.2. The molecule has 0 saturated carbocycles. The molecule has 0 fully saturated rings. The Morgan fingerprint density at radius 3 is 2.28 bits per heavy atom. The van der Waals surface area contributed by atoms with E-state index in [4.69, 9.17) is 11.6 Å². The van der Waals surface area contributed by atoms with E-state index in [-0.39, 0.29) is 17.7 Å². The molecule has 0 aliphatic carbocycles. The van der Waals surface area contributed by atoms with Gasteiger partial charge >= 0.3 is 0 Å². The molecule has 0 unspecified atom stereocenters. The van der Waals surface area contributed by atoms with Gasteiger partial charge < -0.3 is 9.80 Å². The molecule has 4 nitrogen and oxygen atoms in total. The molecule has 0 spiro atoms. The van der Waals surface area contributed by atoms with E-state index in [1.807, 2.05) is 24.3 Å². The van der Waals surface area contributed by atoms with Gasteiger partial charge in [-0.1, -0.05) is 12.1 Å². The zero-order chi connectivity index (χ0) is 13.1. The Hall–Kier alpha value is -1.55. The summed E-state index contributed by atoms with van der Waals surface area (Å²) >= 11 is 5.63. The molecule has 5 heteroatoms. The number of carbonyl (C=O) groups is 2. The first kappa shape index (κ1) is 12.9. The summed E-state index contributed by atoms with van der Waals surface area (Å²) in [5.41, 5.74) is 1.54. The van der Waals surface area contributed by atoms with Crippen LogP contribution in [0.25, 0.3) is 0 Å². The van der Waals surface area contributed by atoms with Crippen molar-refractivity contribution in [3.63, 3.8) is 0 Å². The van der Waals surface area contributed by atoms with Crippen LogP contribution in [0.4, 0.5) is 11.4 Å². The molecule has 1 aliphatic rings. The second-order valence-electron chi connectivity index (χ2n) is 4.19. The Bertz CT molecular complexity index is 476. The number of hydrogen-bond donors (Lipinski definition) is 0. The monoisotopic (exact) mass is 266 g/mol. The van der Waals surface area contributed by atoms with Crippen LogP contribution in [0.5, 0.6) is 0 Å². The largest absolute Gasteiger partial charge is 0.311 e. The van der Waals surface area contributed by atoms with Crippen molar-refractivity contribution in [2.24, 2.45) is 0 Å². The van der Waals surface area contributed by atoms with Crippen molar-refractivity contribution in [3.05, 3.63) is 24.3 Å². The number of amides is 2. The predicted octanol–water partition coefficient (Wildman–Crippen LogP) is 2.02. The lowest BCUT2D eigenvalue weighted by molar-refractivity contribution is -0.117. The normalized spacial score (nSPS) is 15.0. The molecule has 0 N–H and O–H groups in total. The average Bonchev–Trinajstić information content (AvgIpc) is 2.57. The summed E-state index contributed by atoms with van der Waals surface area (Å²) < 4.78 is 0. The van der Waals surface area contributed by atoms with Crippen LogP contribution in [-0.2, 0) is 9.59 Å². The Balaban J connectivity index is 2.47. The third kappa shape index (κ3) is 2.34. The van der Waals surface area contributed by atoms with Gasteiger partial charge in [0.1, 0.15) is 5.88 Å². The molecule has 0 atom stereocenters. The summed E-state index contributed by atoms with van der Waals surface area (Å²) in [6, 6.07) is 7.43. The molecule has 0 saturated heterocycles. The van der Waals surface area contributed by atoms with E-state index < -0.39 is 0 Å². The van der Waals surface area contributed by atoms with Gasteiger partial charge in [0.2, 0.25) is 11.8 Å². The van der Waals surface area contributed by atoms with Gasteiger partial charge in [-0.05, 0) is 18.6 Å². The van der Waals surface area contributed by atoms with E-state index in [0.717, 1.165) is 17.8 Å². The van der Waals surface area contributed by atoms with E-state index in [1.165, 1.54) is 6.92 Å². The van der Waals surface area contributed by atoms with Crippen LogP contribution in [0.15, 0.2) is 24.3 Å². The molecule has 1 heterocycles. The summed E-state index contributed by atoms with van der Waals surface area (Å²) in [7, 11) is 0. The van der Waals surface area contributed by atoms with E-state index >= 15 is 0 Å². The molecular formula is C13H15ClN2O2. The number of benzene rings is 1. The fourth-order valence-electron chi connectivity index (χ4n) is 2.21. The highest BCUT2D eigenvalue weighted by atomic mass is 35.5. The second-order valence-corrected chi connectivity index (χ2v) is 4.46.